The Bertz CT molecular complexity index is 600. The Morgan fingerprint density at radius 2 is 2.05 bits per heavy atom. The fourth-order valence-electron chi connectivity index (χ4n) is 1.44. The summed E-state index contributed by atoms with van der Waals surface area (Å²) in [5.41, 5.74) is -0.620. The van der Waals surface area contributed by atoms with Crippen LogP contribution in [0.15, 0.2) is 27.6 Å². The average Bonchev–Trinajstić information content (AvgIpc) is 2.27. The van der Waals surface area contributed by atoms with E-state index in [0.717, 1.165) is 5.56 Å². The molecule has 0 spiro atoms. The summed E-state index contributed by atoms with van der Waals surface area (Å²) in [6, 6.07) is 4.77. The Morgan fingerprint density at radius 3 is 2.47 bits per heavy atom. The Hall–Kier alpha value is -0.920. The van der Waals surface area contributed by atoms with Gasteiger partial charge in [0.25, 0.3) is 0 Å². The van der Waals surface area contributed by atoms with Crippen LogP contribution in [-0.2, 0) is 14.8 Å². The minimum Gasteiger partial charge on any atom is -0.480 e. The van der Waals surface area contributed by atoms with E-state index in [4.69, 9.17) is 5.11 Å². The van der Waals surface area contributed by atoms with Crippen molar-refractivity contribution in [1.29, 1.82) is 0 Å². The molecule has 0 bridgehead atoms. The van der Waals surface area contributed by atoms with Gasteiger partial charge in [-0.1, -0.05) is 13.0 Å². The molecule has 0 aliphatic rings. The lowest BCUT2D eigenvalue weighted by atomic mass is 10.0. The molecule has 0 aliphatic heterocycles. The van der Waals surface area contributed by atoms with Gasteiger partial charge in [-0.2, -0.15) is 4.72 Å². The number of hydrogen-bond acceptors (Lipinski definition) is 3. The fraction of sp³-hybridized carbons (Fsp3) is 0.417. The van der Waals surface area contributed by atoms with Gasteiger partial charge in [-0.15, -0.1) is 0 Å². The van der Waals surface area contributed by atoms with E-state index in [1.807, 2.05) is 6.92 Å². The lowest BCUT2D eigenvalue weighted by molar-refractivity contribution is -0.143. The number of halogens is 1. The van der Waals surface area contributed by atoms with Crippen LogP contribution < -0.4 is 4.72 Å². The lowest BCUT2D eigenvalue weighted by Gasteiger charge is -2.24. The third-order valence-electron chi connectivity index (χ3n) is 2.92. The molecule has 0 saturated carbocycles. The molecule has 1 unspecified atom stereocenters. The lowest BCUT2D eigenvalue weighted by Crippen LogP contribution is -2.51. The van der Waals surface area contributed by atoms with Gasteiger partial charge in [0.2, 0.25) is 10.0 Å². The Balaban J connectivity index is 3.22. The molecule has 0 heterocycles. The van der Waals surface area contributed by atoms with Gasteiger partial charge in [0.15, 0.2) is 0 Å². The largest absolute Gasteiger partial charge is 0.480 e. The first kappa shape index (κ1) is 16.1. The zero-order valence-corrected chi connectivity index (χ0v) is 13.3. The van der Waals surface area contributed by atoms with Crippen molar-refractivity contribution >= 4 is 31.9 Å². The van der Waals surface area contributed by atoms with Crippen molar-refractivity contribution in [3.8, 4) is 0 Å². The van der Waals surface area contributed by atoms with Gasteiger partial charge in [0.05, 0.1) is 4.90 Å². The summed E-state index contributed by atoms with van der Waals surface area (Å²) in [5, 5.41) is 9.12. The summed E-state index contributed by atoms with van der Waals surface area (Å²) < 4.78 is 27.1. The third-order valence-corrected chi connectivity index (χ3v) is 5.49. The molecule has 19 heavy (non-hydrogen) atoms. The first-order valence-electron chi connectivity index (χ1n) is 5.66. The van der Waals surface area contributed by atoms with Gasteiger partial charge in [0.1, 0.15) is 5.54 Å². The van der Waals surface area contributed by atoms with Crippen LogP contribution in [0.25, 0.3) is 0 Å². The molecule has 106 valence electrons. The number of carboxylic acids is 1. The van der Waals surface area contributed by atoms with Crippen molar-refractivity contribution in [2.45, 2.75) is 37.6 Å². The maximum absolute atomic E-state index is 12.2. The summed E-state index contributed by atoms with van der Waals surface area (Å²) in [6.07, 6.45) is 0.144. The van der Waals surface area contributed by atoms with Crippen molar-refractivity contribution in [3.63, 3.8) is 0 Å². The van der Waals surface area contributed by atoms with Crippen LogP contribution in [0.1, 0.15) is 25.8 Å². The molecule has 0 aromatic heterocycles. The van der Waals surface area contributed by atoms with Gasteiger partial charge in [-0.05, 0) is 53.9 Å². The van der Waals surface area contributed by atoms with Crippen molar-refractivity contribution in [2.24, 2.45) is 0 Å². The van der Waals surface area contributed by atoms with E-state index in [1.54, 1.807) is 19.1 Å². The smallest absolute Gasteiger partial charge is 0.324 e. The minimum atomic E-state index is -3.90. The highest BCUT2D eigenvalue weighted by molar-refractivity contribution is 9.10. The van der Waals surface area contributed by atoms with Crippen LogP contribution in [0.2, 0.25) is 0 Å². The quantitative estimate of drug-likeness (QED) is 0.854. The normalized spacial score (nSPS) is 14.9. The van der Waals surface area contributed by atoms with E-state index in [9.17, 15) is 13.2 Å². The van der Waals surface area contributed by atoms with Gasteiger partial charge in [-0.25, -0.2) is 8.42 Å². The van der Waals surface area contributed by atoms with Crippen molar-refractivity contribution in [1.82, 2.24) is 4.72 Å². The number of hydrogen-bond donors (Lipinski definition) is 2. The van der Waals surface area contributed by atoms with Crippen molar-refractivity contribution in [2.75, 3.05) is 0 Å². The molecule has 0 aliphatic carbocycles. The maximum atomic E-state index is 12.2. The Morgan fingerprint density at radius 1 is 1.47 bits per heavy atom. The molecular formula is C12H16BrNO4S. The minimum absolute atomic E-state index is 0.0269. The van der Waals surface area contributed by atoms with Crippen LogP contribution in [0, 0.1) is 6.92 Å². The first-order valence-corrected chi connectivity index (χ1v) is 7.93. The van der Waals surface area contributed by atoms with E-state index < -0.39 is 21.5 Å². The van der Waals surface area contributed by atoms with E-state index in [0.29, 0.717) is 4.47 Å². The second kappa shape index (κ2) is 5.60. The molecule has 0 amide bonds. The van der Waals surface area contributed by atoms with E-state index in [-0.39, 0.29) is 11.3 Å². The maximum Gasteiger partial charge on any atom is 0.324 e. The molecule has 0 fully saturated rings. The molecule has 2 N–H and O–H groups in total. The van der Waals surface area contributed by atoms with Gasteiger partial charge < -0.3 is 5.11 Å². The molecule has 1 atom stereocenters. The van der Waals surface area contributed by atoms with Crippen molar-refractivity contribution in [3.05, 3.63) is 28.2 Å². The molecule has 5 nitrogen and oxygen atoms in total. The van der Waals surface area contributed by atoms with E-state index in [2.05, 4.69) is 20.7 Å². The predicted octanol–water partition coefficient (Wildman–Crippen LogP) is 2.29. The standard InChI is InChI=1S/C12H16BrNO4S/c1-4-12(3,11(15)16)14-19(17,18)10-6-5-8(2)7-9(10)13/h5-7,14H,4H2,1-3H3,(H,15,16). The fourth-order valence-corrected chi connectivity index (χ4v) is 4.07. The second-order valence-electron chi connectivity index (χ2n) is 4.53. The summed E-state index contributed by atoms with van der Waals surface area (Å²) in [7, 11) is -3.90. The molecule has 1 rings (SSSR count). The SMILES string of the molecule is CCC(C)(NS(=O)(=O)c1ccc(C)cc1Br)C(=O)O. The number of carbonyl (C=O) groups is 1. The zero-order chi connectivity index (χ0) is 14.8. The highest BCUT2D eigenvalue weighted by Crippen LogP contribution is 2.25. The summed E-state index contributed by atoms with van der Waals surface area (Å²) in [5.74, 6) is -1.21. The molecule has 0 radical (unpaired) electrons. The summed E-state index contributed by atoms with van der Waals surface area (Å²) >= 11 is 3.18. The highest BCUT2D eigenvalue weighted by Gasteiger charge is 2.36. The third kappa shape index (κ3) is 3.55. The van der Waals surface area contributed by atoms with Crippen LogP contribution in [0.5, 0.6) is 0 Å². The summed E-state index contributed by atoms with van der Waals surface area (Å²) in [4.78, 5) is 11.2. The summed E-state index contributed by atoms with van der Waals surface area (Å²) in [6.45, 7) is 4.79. The van der Waals surface area contributed by atoms with Gasteiger partial charge in [-0.3, -0.25) is 4.79 Å². The van der Waals surface area contributed by atoms with Crippen LogP contribution in [-0.4, -0.2) is 25.0 Å². The molecule has 1 aromatic rings. The second-order valence-corrected chi connectivity index (χ2v) is 7.04. The number of aliphatic carboxylic acids is 1. The van der Waals surface area contributed by atoms with Crippen LogP contribution in [0.4, 0.5) is 0 Å². The average molecular weight is 350 g/mol. The Kier molecular flexibility index (Phi) is 4.76. The molecular weight excluding hydrogens is 334 g/mol. The van der Waals surface area contributed by atoms with Crippen LogP contribution in [0.3, 0.4) is 0 Å². The predicted molar refractivity (Wildman–Crippen MR) is 75.5 cm³/mol. The monoisotopic (exact) mass is 349 g/mol. The first-order chi connectivity index (χ1) is 8.62. The zero-order valence-electron chi connectivity index (χ0n) is 10.9. The van der Waals surface area contributed by atoms with E-state index >= 15 is 0 Å². The van der Waals surface area contributed by atoms with Gasteiger partial charge in [0, 0.05) is 4.47 Å². The molecule has 0 saturated heterocycles. The number of carboxylic acid groups (broad SMARTS) is 1. The number of benzene rings is 1. The van der Waals surface area contributed by atoms with E-state index in [1.165, 1.54) is 13.0 Å². The number of sulfonamides is 1. The number of aryl methyl sites for hydroxylation is 1. The van der Waals surface area contributed by atoms with Crippen molar-refractivity contribution < 1.29 is 18.3 Å². The molecule has 7 heteroatoms. The van der Waals surface area contributed by atoms with Crippen LogP contribution >= 0.6 is 15.9 Å². The number of nitrogens with one attached hydrogen (secondary N) is 1. The highest BCUT2D eigenvalue weighted by atomic mass is 79.9. The topological polar surface area (TPSA) is 83.5 Å². The van der Waals surface area contributed by atoms with Gasteiger partial charge >= 0.3 is 5.97 Å². The molecule has 1 aromatic carbocycles. The Labute approximate surface area is 121 Å². The number of rotatable bonds is 5.